The molecule has 1 fully saturated rings. The number of anilines is 1. The minimum atomic E-state index is -0.566. The number of piperazine rings is 1. The Hall–Kier alpha value is -2.71. The van der Waals surface area contributed by atoms with Crippen molar-refractivity contribution in [2.45, 2.75) is 37.8 Å². The van der Waals surface area contributed by atoms with Gasteiger partial charge in [0.25, 0.3) is 0 Å². The lowest BCUT2D eigenvalue weighted by molar-refractivity contribution is -0.132. The third kappa shape index (κ3) is 3.97. The van der Waals surface area contributed by atoms with Crippen LogP contribution in [-0.4, -0.2) is 65.2 Å². The summed E-state index contributed by atoms with van der Waals surface area (Å²) in [6.45, 7) is 4.68. The molecular formula is C22H29N5O3. The Morgan fingerprint density at radius 3 is 2.60 bits per heavy atom. The number of fused-ring (bicyclic) bond motifs is 1. The Morgan fingerprint density at radius 2 is 1.93 bits per heavy atom. The largest absolute Gasteiger partial charge is 0.497 e. The van der Waals surface area contributed by atoms with Crippen LogP contribution < -0.4 is 15.4 Å². The van der Waals surface area contributed by atoms with Crippen LogP contribution in [0.2, 0.25) is 0 Å². The fourth-order valence-electron chi connectivity index (χ4n) is 4.43. The quantitative estimate of drug-likeness (QED) is 0.763. The van der Waals surface area contributed by atoms with E-state index in [1.54, 1.807) is 7.11 Å². The number of aromatic nitrogens is 2. The van der Waals surface area contributed by atoms with Gasteiger partial charge in [0.1, 0.15) is 17.9 Å². The number of benzene rings is 1. The van der Waals surface area contributed by atoms with E-state index < -0.39 is 12.1 Å². The van der Waals surface area contributed by atoms with E-state index in [4.69, 9.17) is 10.5 Å². The van der Waals surface area contributed by atoms with Gasteiger partial charge in [0.2, 0.25) is 5.91 Å². The summed E-state index contributed by atoms with van der Waals surface area (Å²) in [6.07, 6.45) is 2.19. The molecule has 2 heterocycles. The first-order valence-corrected chi connectivity index (χ1v) is 10.4. The van der Waals surface area contributed by atoms with Gasteiger partial charge < -0.3 is 25.4 Å². The van der Waals surface area contributed by atoms with Gasteiger partial charge in [0.05, 0.1) is 24.9 Å². The highest BCUT2D eigenvalue weighted by Gasteiger charge is 2.34. The van der Waals surface area contributed by atoms with Gasteiger partial charge in [-0.15, -0.1) is 0 Å². The minimum Gasteiger partial charge on any atom is -0.497 e. The van der Waals surface area contributed by atoms with E-state index in [0.29, 0.717) is 39.0 Å². The summed E-state index contributed by atoms with van der Waals surface area (Å²) in [5.41, 5.74) is 9.02. The number of hydrogen-bond acceptors (Lipinski definition) is 7. The van der Waals surface area contributed by atoms with Crippen molar-refractivity contribution in [1.82, 2.24) is 14.9 Å². The number of methoxy groups -OCH3 is 1. The second-order valence-corrected chi connectivity index (χ2v) is 8.12. The van der Waals surface area contributed by atoms with Crippen LogP contribution in [-0.2, 0) is 11.2 Å². The predicted octanol–water partition coefficient (Wildman–Crippen LogP) is 1.24. The molecule has 4 rings (SSSR count). The molecule has 0 radical (unpaired) electrons. The number of carbonyl (C=O) groups is 1. The molecular weight excluding hydrogens is 382 g/mol. The average Bonchev–Trinajstić information content (AvgIpc) is 3.07. The number of rotatable bonds is 5. The summed E-state index contributed by atoms with van der Waals surface area (Å²) >= 11 is 0. The number of aliphatic hydroxyl groups is 1. The van der Waals surface area contributed by atoms with Crippen LogP contribution in [0.15, 0.2) is 30.6 Å². The number of nitrogens with zero attached hydrogens (tertiary/aromatic N) is 4. The van der Waals surface area contributed by atoms with Gasteiger partial charge in [-0.3, -0.25) is 4.79 Å². The molecule has 1 aromatic heterocycles. The van der Waals surface area contributed by atoms with Gasteiger partial charge in [-0.1, -0.05) is 19.1 Å². The molecule has 1 amide bonds. The number of ether oxygens (including phenoxy) is 1. The fourth-order valence-corrected chi connectivity index (χ4v) is 4.43. The maximum atomic E-state index is 12.9. The summed E-state index contributed by atoms with van der Waals surface area (Å²) in [5, 5.41) is 10.2. The Bertz CT molecular complexity index is 896. The Kier molecular flexibility index (Phi) is 5.87. The van der Waals surface area contributed by atoms with Crippen LogP contribution in [0.25, 0.3) is 0 Å². The summed E-state index contributed by atoms with van der Waals surface area (Å²) in [4.78, 5) is 25.7. The van der Waals surface area contributed by atoms with E-state index in [1.807, 2.05) is 29.2 Å². The molecule has 1 aliphatic carbocycles. The lowest BCUT2D eigenvalue weighted by atomic mass is 10.0. The van der Waals surface area contributed by atoms with E-state index in [-0.39, 0.29) is 11.8 Å². The van der Waals surface area contributed by atoms with Crippen LogP contribution in [0.5, 0.6) is 5.75 Å². The van der Waals surface area contributed by atoms with Gasteiger partial charge in [0, 0.05) is 31.7 Å². The lowest BCUT2D eigenvalue weighted by Gasteiger charge is -2.37. The van der Waals surface area contributed by atoms with E-state index in [2.05, 4.69) is 21.8 Å². The Balaban J connectivity index is 1.37. The first kappa shape index (κ1) is 20.6. The molecule has 0 spiro atoms. The molecule has 1 saturated heterocycles. The van der Waals surface area contributed by atoms with Crippen molar-refractivity contribution < 1.29 is 14.6 Å². The topological polar surface area (TPSA) is 105 Å². The van der Waals surface area contributed by atoms with Gasteiger partial charge >= 0.3 is 0 Å². The van der Waals surface area contributed by atoms with Crippen molar-refractivity contribution in [2.75, 3.05) is 38.2 Å². The molecule has 0 bridgehead atoms. The van der Waals surface area contributed by atoms with Crippen LogP contribution in [0.4, 0.5) is 5.82 Å². The number of aliphatic hydroxyl groups excluding tert-OH is 1. The molecule has 3 atom stereocenters. The van der Waals surface area contributed by atoms with Gasteiger partial charge in [0.15, 0.2) is 0 Å². The molecule has 8 heteroatoms. The van der Waals surface area contributed by atoms with Crippen LogP contribution in [0, 0.1) is 0 Å². The van der Waals surface area contributed by atoms with Crippen LogP contribution >= 0.6 is 0 Å². The number of amides is 1. The molecule has 1 aromatic carbocycles. The molecule has 2 aliphatic rings. The molecule has 1 unspecified atom stereocenters. The molecule has 3 N–H and O–H groups in total. The van der Waals surface area contributed by atoms with Gasteiger partial charge in [-0.25, -0.2) is 9.97 Å². The molecule has 160 valence electrons. The molecule has 8 nitrogen and oxygen atoms in total. The third-order valence-corrected chi connectivity index (χ3v) is 6.10. The zero-order valence-electron chi connectivity index (χ0n) is 17.5. The third-order valence-electron chi connectivity index (χ3n) is 6.10. The first-order valence-electron chi connectivity index (χ1n) is 10.4. The maximum Gasteiger partial charge on any atom is 0.239 e. The number of nitrogens with two attached hydrogens (primary N) is 1. The van der Waals surface area contributed by atoms with Crippen molar-refractivity contribution >= 4 is 11.7 Å². The Morgan fingerprint density at radius 1 is 1.23 bits per heavy atom. The monoisotopic (exact) mass is 411 g/mol. The molecule has 2 aromatic rings. The minimum absolute atomic E-state index is 0.0258. The first-order chi connectivity index (χ1) is 14.5. The second kappa shape index (κ2) is 8.57. The molecule has 1 aliphatic heterocycles. The lowest BCUT2D eigenvalue weighted by Crippen LogP contribution is -2.54. The molecule has 30 heavy (non-hydrogen) atoms. The highest BCUT2D eigenvalue weighted by molar-refractivity contribution is 5.82. The van der Waals surface area contributed by atoms with Gasteiger partial charge in [-0.05, 0) is 36.5 Å². The summed E-state index contributed by atoms with van der Waals surface area (Å²) in [5.74, 6) is 1.87. The van der Waals surface area contributed by atoms with Crippen LogP contribution in [0.1, 0.15) is 42.2 Å². The standard InChI is InChI=1S/C22H29N5O3/c1-14-11-18(28)20-19(14)21(25-13-24-20)26-7-9-27(10-8-26)22(29)17(23)12-15-3-5-16(30-2)6-4-15/h3-6,13-14,17-18,28H,7-12,23H2,1-2H3/t14-,17?,18-/m1/s1. The van der Waals surface area contributed by atoms with E-state index in [1.165, 1.54) is 6.33 Å². The Labute approximate surface area is 176 Å². The van der Waals surface area contributed by atoms with Crippen molar-refractivity contribution in [3.8, 4) is 5.75 Å². The summed E-state index contributed by atoms with van der Waals surface area (Å²) < 4.78 is 5.17. The normalized spacial score (nSPS) is 22.0. The van der Waals surface area contributed by atoms with E-state index in [0.717, 1.165) is 28.4 Å². The van der Waals surface area contributed by atoms with E-state index in [9.17, 15) is 9.90 Å². The SMILES string of the molecule is COc1ccc(CC(N)C(=O)N2CCN(c3ncnc4c3[C@H](C)C[C@H]4O)CC2)cc1. The fraction of sp³-hybridized carbons (Fsp3) is 0.500. The number of hydrogen-bond donors (Lipinski definition) is 2. The smallest absolute Gasteiger partial charge is 0.239 e. The van der Waals surface area contributed by atoms with Crippen molar-refractivity contribution in [3.05, 3.63) is 47.4 Å². The van der Waals surface area contributed by atoms with Crippen molar-refractivity contribution in [3.63, 3.8) is 0 Å². The van der Waals surface area contributed by atoms with Crippen molar-refractivity contribution in [1.29, 1.82) is 0 Å². The van der Waals surface area contributed by atoms with Crippen LogP contribution in [0.3, 0.4) is 0 Å². The van der Waals surface area contributed by atoms with Gasteiger partial charge in [-0.2, -0.15) is 0 Å². The summed E-state index contributed by atoms with van der Waals surface area (Å²) in [6, 6.07) is 7.07. The summed E-state index contributed by atoms with van der Waals surface area (Å²) in [7, 11) is 1.63. The predicted molar refractivity (Wildman–Crippen MR) is 113 cm³/mol. The highest BCUT2D eigenvalue weighted by atomic mass is 16.5. The highest BCUT2D eigenvalue weighted by Crippen LogP contribution is 2.42. The molecule has 0 saturated carbocycles. The number of carbonyl (C=O) groups excluding carboxylic acids is 1. The second-order valence-electron chi connectivity index (χ2n) is 8.12. The zero-order chi connectivity index (χ0) is 21.3. The van der Waals surface area contributed by atoms with Crippen molar-refractivity contribution in [2.24, 2.45) is 5.73 Å². The zero-order valence-corrected chi connectivity index (χ0v) is 17.5. The average molecular weight is 412 g/mol. The van der Waals surface area contributed by atoms with E-state index >= 15 is 0 Å². The maximum absolute atomic E-state index is 12.9.